The summed E-state index contributed by atoms with van der Waals surface area (Å²) in [4.78, 5) is 15.5. The van der Waals surface area contributed by atoms with E-state index in [-0.39, 0.29) is 0 Å². The molecule has 0 N–H and O–H groups in total. The summed E-state index contributed by atoms with van der Waals surface area (Å²) >= 11 is 0. The molecule has 0 radical (unpaired) electrons. The van der Waals surface area contributed by atoms with Crippen LogP contribution in [0.25, 0.3) is 33.9 Å². The molecular formula is C46H35N3O. The molecule has 240 valence electrons. The average molecular weight is 646 g/mol. The molecule has 4 aliphatic rings. The Kier molecular flexibility index (Phi) is 6.76. The van der Waals surface area contributed by atoms with E-state index < -0.39 is 5.41 Å². The van der Waals surface area contributed by atoms with Crippen molar-refractivity contribution in [3.8, 4) is 34.3 Å². The molecule has 0 fully saturated rings. The van der Waals surface area contributed by atoms with Gasteiger partial charge in [0, 0.05) is 22.3 Å². The van der Waals surface area contributed by atoms with E-state index >= 15 is 0 Å². The lowest BCUT2D eigenvalue weighted by Crippen LogP contribution is -2.33. The molecule has 6 aromatic rings. The molecule has 1 aliphatic heterocycles. The van der Waals surface area contributed by atoms with Crippen LogP contribution in [-0.2, 0) is 5.41 Å². The minimum Gasteiger partial charge on any atom is -0.457 e. The Labute approximate surface area is 292 Å². The van der Waals surface area contributed by atoms with Gasteiger partial charge in [0.15, 0.2) is 17.5 Å². The number of nitrogens with zero attached hydrogens (tertiary/aromatic N) is 3. The summed E-state index contributed by atoms with van der Waals surface area (Å²) in [7, 11) is 0. The van der Waals surface area contributed by atoms with E-state index in [0.717, 1.165) is 66.1 Å². The van der Waals surface area contributed by atoms with Gasteiger partial charge in [0.1, 0.15) is 11.5 Å². The van der Waals surface area contributed by atoms with Crippen molar-refractivity contribution in [3.05, 3.63) is 185 Å². The van der Waals surface area contributed by atoms with Crippen molar-refractivity contribution in [2.45, 2.75) is 43.4 Å². The van der Waals surface area contributed by atoms with E-state index in [1.807, 2.05) is 18.2 Å². The smallest absolute Gasteiger partial charge is 0.164 e. The summed E-state index contributed by atoms with van der Waals surface area (Å²) in [6.45, 7) is 0. The summed E-state index contributed by atoms with van der Waals surface area (Å²) in [6.07, 6.45) is 12.0. The van der Waals surface area contributed by atoms with Gasteiger partial charge in [-0.3, -0.25) is 0 Å². The third-order valence-electron chi connectivity index (χ3n) is 11.0. The first-order valence-electron chi connectivity index (χ1n) is 17.8. The molecule has 5 aromatic carbocycles. The Hall–Kier alpha value is -5.87. The van der Waals surface area contributed by atoms with Gasteiger partial charge >= 0.3 is 0 Å². The fourth-order valence-electron chi connectivity index (χ4n) is 8.74. The van der Waals surface area contributed by atoms with Crippen LogP contribution in [0.5, 0.6) is 11.5 Å². The van der Waals surface area contributed by atoms with Gasteiger partial charge in [0.25, 0.3) is 0 Å². The highest BCUT2D eigenvalue weighted by atomic mass is 16.5. The summed E-state index contributed by atoms with van der Waals surface area (Å²) in [5.74, 6) is 4.45. The van der Waals surface area contributed by atoms with E-state index in [9.17, 15) is 0 Å². The number of fused-ring (bicyclic) bond motifs is 8. The van der Waals surface area contributed by atoms with Gasteiger partial charge < -0.3 is 4.74 Å². The SMILES string of the molecule is C1=CC2=C(CC1)C1(c3ccccc3Oc3ccc(-c4nc(C5=CCC(c6ccccc6)CC5)nc(-c5ccccc5)n4)cc31)c1ccccc12. The van der Waals surface area contributed by atoms with Crippen molar-refractivity contribution in [2.24, 2.45) is 0 Å². The second-order valence-electron chi connectivity index (χ2n) is 13.7. The maximum Gasteiger partial charge on any atom is 0.164 e. The number of para-hydroxylation sites is 1. The van der Waals surface area contributed by atoms with Gasteiger partial charge in [0.05, 0.1) is 5.41 Å². The van der Waals surface area contributed by atoms with Crippen molar-refractivity contribution >= 4 is 11.1 Å². The fraction of sp³-hybridized carbons (Fsp3) is 0.152. The van der Waals surface area contributed by atoms with Crippen LogP contribution in [0.1, 0.15) is 71.7 Å². The summed E-state index contributed by atoms with van der Waals surface area (Å²) in [5.41, 5.74) is 11.8. The van der Waals surface area contributed by atoms with Gasteiger partial charge in [-0.05, 0) is 95.7 Å². The number of ether oxygens (including phenoxy) is 1. The highest BCUT2D eigenvalue weighted by Crippen LogP contribution is 2.63. The van der Waals surface area contributed by atoms with Crippen LogP contribution in [0, 0.1) is 0 Å². The third kappa shape index (κ3) is 4.48. The Bertz CT molecular complexity index is 2390. The molecule has 4 heteroatoms. The first-order chi connectivity index (χ1) is 24.8. The normalized spacial score (nSPS) is 20.0. The molecule has 0 saturated carbocycles. The van der Waals surface area contributed by atoms with Crippen LogP contribution in [0.2, 0.25) is 0 Å². The lowest BCUT2D eigenvalue weighted by Gasteiger charge is -2.41. The average Bonchev–Trinajstić information content (AvgIpc) is 3.49. The minimum absolute atomic E-state index is 0.465. The monoisotopic (exact) mass is 645 g/mol. The van der Waals surface area contributed by atoms with Crippen molar-refractivity contribution in [1.82, 2.24) is 15.0 Å². The van der Waals surface area contributed by atoms with Gasteiger partial charge in [-0.1, -0.05) is 121 Å². The van der Waals surface area contributed by atoms with Gasteiger partial charge in [-0.15, -0.1) is 0 Å². The first kappa shape index (κ1) is 29.1. The van der Waals surface area contributed by atoms with Crippen LogP contribution in [0.4, 0.5) is 0 Å². The maximum atomic E-state index is 6.71. The van der Waals surface area contributed by atoms with E-state index in [2.05, 4.69) is 127 Å². The molecule has 0 bridgehead atoms. The standard InChI is InChI=1S/C46H35N3O/c1-3-13-30(14-4-1)31-23-25-33(26-24-31)44-47-43(32-15-5-2-6-16-32)48-45(49-44)34-27-28-42-40(29-34)46(39-21-11-12-22-41(39)50-42)37-19-9-7-17-35(37)36-18-8-10-20-38(36)46/h1-9,11-19,21-22,25,27-29,31H,10,20,23-24,26H2. The van der Waals surface area contributed by atoms with Crippen molar-refractivity contribution in [2.75, 3.05) is 0 Å². The molecule has 10 rings (SSSR count). The highest BCUT2D eigenvalue weighted by Gasteiger charge is 2.52. The largest absolute Gasteiger partial charge is 0.457 e. The second kappa shape index (κ2) is 11.6. The number of hydrogen-bond donors (Lipinski definition) is 0. The second-order valence-corrected chi connectivity index (χ2v) is 13.7. The van der Waals surface area contributed by atoms with Crippen LogP contribution in [0.15, 0.2) is 151 Å². The quantitative estimate of drug-likeness (QED) is 0.191. The Morgan fingerprint density at radius 2 is 1.30 bits per heavy atom. The zero-order valence-corrected chi connectivity index (χ0v) is 27.7. The minimum atomic E-state index is -0.465. The number of allylic oxidation sites excluding steroid dienone is 6. The number of aromatic nitrogens is 3. The van der Waals surface area contributed by atoms with Crippen LogP contribution < -0.4 is 4.74 Å². The van der Waals surface area contributed by atoms with E-state index in [1.165, 1.54) is 39.0 Å². The zero-order chi connectivity index (χ0) is 33.1. The molecule has 0 saturated heterocycles. The fourth-order valence-corrected chi connectivity index (χ4v) is 8.74. The molecule has 2 atom stereocenters. The van der Waals surface area contributed by atoms with E-state index in [4.69, 9.17) is 19.7 Å². The molecule has 1 spiro atoms. The molecule has 3 aliphatic carbocycles. The topological polar surface area (TPSA) is 47.9 Å². The first-order valence-corrected chi connectivity index (χ1v) is 17.8. The summed E-state index contributed by atoms with van der Waals surface area (Å²) < 4.78 is 6.71. The van der Waals surface area contributed by atoms with E-state index in [1.54, 1.807) is 0 Å². The molecule has 1 aromatic heterocycles. The Morgan fingerprint density at radius 1 is 0.600 bits per heavy atom. The molecule has 50 heavy (non-hydrogen) atoms. The zero-order valence-electron chi connectivity index (χ0n) is 27.7. The van der Waals surface area contributed by atoms with Gasteiger partial charge in [-0.2, -0.15) is 0 Å². The van der Waals surface area contributed by atoms with Crippen LogP contribution in [-0.4, -0.2) is 15.0 Å². The van der Waals surface area contributed by atoms with Crippen LogP contribution >= 0.6 is 0 Å². The van der Waals surface area contributed by atoms with E-state index in [0.29, 0.717) is 17.6 Å². The lowest BCUT2D eigenvalue weighted by atomic mass is 9.64. The van der Waals surface area contributed by atoms with Crippen molar-refractivity contribution in [3.63, 3.8) is 0 Å². The number of benzene rings is 5. The molecule has 4 nitrogen and oxygen atoms in total. The molecule has 2 heterocycles. The highest BCUT2D eigenvalue weighted by molar-refractivity contribution is 5.92. The Morgan fingerprint density at radius 3 is 2.12 bits per heavy atom. The van der Waals surface area contributed by atoms with Crippen molar-refractivity contribution < 1.29 is 4.74 Å². The maximum absolute atomic E-state index is 6.71. The summed E-state index contributed by atoms with van der Waals surface area (Å²) in [5, 5.41) is 0. The van der Waals surface area contributed by atoms with Gasteiger partial charge in [-0.25, -0.2) is 15.0 Å². The predicted molar refractivity (Wildman–Crippen MR) is 200 cm³/mol. The van der Waals surface area contributed by atoms with Crippen LogP contribution in [0.3, 0.4) is 0 Å². The van der Waals surface area contributed by atoms with Crippen molar-refractivity contribution in [1.29, 1.82) is 0 Å². The summed E-state index contributed by atoms with van der Waals surface area (Å²) in [6, 6.07) is 45.2. The molecular weight excluding hydrogens is 611 g/mol. The number of rotatable bonds is 4. The number of hydrogen-bond acceptors (Lipinski definition) is 4. The predicted octanol–water partition coefficient (Wildman–Crippen LogP) is 11.1. The molecule has 2 unspecified atom stereocenters. The molecule has 0 amide bonds. The van der Waals surface area contributed by atoms with Gasteiger partial charge in [0.2, 0.25) is 0 Å². The lowest BCUT2D eigenvalue weighted by molar-refractivity contribution is 0.432. The third-order valence-corrected chi connectivity index (χ3v) is 11.0. The Balaban J connectivity index is 1.15.